The quantitative estimate of drug-likeness (QED) is 0.178. The maximum absolute atomic E-state index is 11.7. The molecule has 6 nitrogen and oxygen atoms in total. The third kappa shape index (κ3) is 7.59. The van der Waals surface area contributed by atoms with Gasteiger partial charge in [0, 0.05) is 17.9 Å². The molecular formula is C21H28N2O4S3. The number of phenols is 1. The first-order valence-electron chi connectivity index (χ1n) is 10.1. The van der Waals surface area contributed by atoms with Crippen molar-refractivity contribution in [2.75, 3.05) is 12.4 Å². The molecule has 0 atom stereocenters. The Balaban J connectivity index is 1.86. The van der Waals surface area contributed by atoms with E-state index in [0.717, 1.165) is 51.2 Å². The number of aromatic hydroxyl groups is 1. The highest BCUT2D eigenvalue weighted by molar-refractivity contribution is 8.02. The first-order valence-corrected chi connectivity index (χ1v) is 12.8. The average molecular weight is 469 g/mol. The van der Waals surface area contributed by atoms with E-state index in [1.807, 2.05) is 13.0 Å². The lowest BCUT2D eigenvalue weighted by Gasteiger charge is -2.12. The number of esters is 1. The lowest BCUT2D eigenvalue weighted by atomic mass is 9.98. The van der Waals surface area contributed by atoms with Gasteiger partial charge in [0.05, 0.1) is 12.2 Å². The van der Waals surface area contributed by atoms with Crippen molar-refractivity contribution >= 4 is 46.6 Å². The molecule has 0 fully saturated rings. The van der Waals surface area contributed by atoms with Gasteiger partial charge in [0.2, 0.25) is 0 Å². The highest BCUT2D eigenvalue weighted by atomic mass is 32.2. The minimum absolute atomic E-state index is 0.110. The van der Waals surface area contributed by atoms with Crippen molar-refractivity contribution in [1.82, 2.24) is 10.2 Å². The molecule has 9 heteroatoms. The van der Waals surface area contributed by atoms with Gasteiger partial charge in [-0.1, -0.05) is 54.3 Å². The Morgan fingerprint density at radius 3 is 2.53 bits per heavy atom. The molecule has 0 aliphatic heterocycles. The highest BCUT2D eigenvalue weighted by Gasteiger charge is 2.16. The number of ketones is 1. The summed E-state index contributed by atoms with van der Waals surface area (Å²) in [6.07, 6.45) is 3.81. The second kappa shape index (κ2) is 13.0. The summed E-state index contributed by atoms with van der Waals surface area (Å²) in [7, 11) is 0. The normalized spacial score (nSPS) is 10.9. The van der Waals surface area contributed by atoms with E-state index in [9.17, 15) is 14.7 Å². The van der Waals surface area contributed by atoms with Crippen molar-refractivity contribution in [2.45, 2.75) is 67.3 Å². The number of benzene rings is 1. The van der Waals surface area contributed by atoms with Crippen LogP contribution in [0.5, 0.6) is 5.75 Å². The number of hydrogen-bond acceptors (Lipinski definition) is 9. The molecule has 0 amide bonds. The molecule has 0 aliphatic carbocycles. The summed E-state index contributed by atoms with van der Waals surface area (Å²) in [5, 5.41) is 19.0. The van der Waals surface area contributed by atoms with E-state index < -0.39 is 0 Å². The van der Waals surface area contributed by atoms with Crippen molar-refractivity contribution in [3.63, 3.8) is 0 Å². The van der Waals surface area contributed by atoms with Gasteiger partial charge in [-0.05, 0) is 50.3 Å². The van der Waals surface area contributed by atoms with Crippen LogP contribution in [0, 0.1) is 0 Å². The van der Waals surface area contributed by atoms with Gasteiger partial charge in [0.15, 0.2) is 14.5 Å². The van der Waals surface area contributed by atoms with E-state index in [1.165, 1.54) is 6.92 Å². The van der Waals surface area contributed by atoms with Crippen LogP contribution < -0.4 is 0 Å². The Morgan fingerprint density at radius 1 is 1.13 bits per heavy atom. The molecule has 0 saturated carbocycles. The van der Waals surface area contributed by atoms with Crippen LogP contribution in [0.25, 0.3) is 0 Å². The van der Waals surface area contributed by atoms with Crippen molar-refractivity contribution < 1.29 is 19.4 Å². The maximum atomic E-state index is 11.7. The first-order chi connectivity index (χ1) is 14.5. The maximum Gasteiger partial charge on any atom is 0.305 e. The molecule has 0 bridgehead atoms. The SMILES string of the molecule is CCCc1c(CSc2nnc(SCCCCC(=O)OCC)s2)ccc(C(C)=O)c1O. The van der Waals surface area contributed by atoms with Crippen LogP contribution in [0.4, 0.5) is 0 Å². The largest absolute Gasteiger partial charge is 0.507 e. The van der Waals surface area contributed by atoms with Crippen molar-refractivity contribution in [3.8, 4) is 5.75 Å². The van der Waals surface area contributed by atoms with Crippen LogP contribution in [0.1, 0.15) is 67.9 Å². The number of carbonyl (C=O) groups is 2. The van der Waals surface area contributed by atoms with Crippen LogP contribution in [0.2, 0.25) is 0 Å². The zero-order valence-electron chi connectivity index (χ0n) is 17.6. The number of hydrogen-bond donors (Lipinski definition) is 1. The summed E-state index contributed by atoms with van der Waals surface area (Å²) in [5.74, 6) is 1.40. The average Bonchev–Trinajstić information content (AvgIpc) is 3.16. The van der Waals surface area contributed by atoms with Crippen LogP contribution in [0.3, 0.4) is 0 Å². The molecule has 30 heavy (non-hydrogen) atoms. The van der Waals surface area contributed by atoms with Gasteiger partial charge in [0.25, 0.3) is 0 Å². The third-order valence-electron chi connectivity index (χ3n) is 4.30. The molecule has 2 rings (SSSR count). The zero-order chi connectivity index (χ0) is 21.9. The van der Waals surface area contributed by atoms with Gasteiger partial charge < -0.3 is 9.84 Å². The van der Waals surface area contributed by atoms with Gasteiger partial charge in [-0.25, -0.2) is 0 Å². The molecule has 0 saturated heterocycles. The summed E-state index contributed by atoms with van der Waals surface area (Å²) < 4.78 is 6.71. The molecule has 1 N–H and O–H groups in total. The summed E-state index contributed by atoms with van der Waals surface area (Å²) in [5.41, 5.74) is 2.25. The van der Waals surface area contributed by atoms with Crippen molar-refractivity contribution in [1.29, 1.82) is 0 Å². The Kier molecular flexibility index (Phi) is 10.7. The number of aromatic nitrogens is 2. The lowest BCUT2D eigenvalue weighted by Crippen LogP contribution is -2.03. The van der Waals surface area contributed by atoms with Gasteiger partial charge in [0.1, 0.15) is 5.75 Å². The molecule has 0 spiro atoms. The van der Waals surface area contributed by atoms with E-state index in [1.54, 1.807) is 40.9 Å². The molecule has 0 radical (unpaired) electrons. The molecule has 0 unspecified atom stereocenters. The number of rotatable bonds is 13. The number of carbonyl (C=O) groups excluding carboxylic acids is 2. The summed E-state index contributed by atoms with van der Waals surface area (Å²) in [4.78, 5) is 23.0. The number of nitrogens with zero attached hydrogens (tertiary/aromatic N) is 2. The molecule has 0 aliphatic rings. The van der Waals surface area contributed by atoms with E-state index in [4.69, 9.17) is 4.74 Å². The molecule has 1 aromatic heterocycles. The molecule has 1 aromatic carbocycles. The number of Topliss-reactive ketones (excluding diaryl/α,β-unsaturated/α-hetero) is 1. The van der Waals surface area contributed by atoms with Gasteiger partial charge in [-0.2, -0.15) is 0 Å². The number of thioether (sulfide) groups is 2. The standard InChI is InChI=1S/C21H28N2O4S3/c1-4-8-17-15(10-11-16(14(3)24)19(17)26)13-29-21-23-22-20(30-21)28-12-7-6-9-18(25)27-5-2/h10-11,26H,4-9,12-13H2,1-3H3. The monoisotopic (exact) mass is 468 g/mol. The van der Waals surface area contributed by atoms with E-state index in [2.05, 4.69) is 17.1 Å². The number of phenolic OH excluding ortho intramolecular Hbond substituents is 1. The van der Waals surface area contributed by atoms with Crippen molar-refractivity contribution in [2.24, 2.45) is 0 Å². The predicted molar refractivity (Wildman–Crippen MR) is 123 cm³/mol. The third-order valence-corrected chi connectivity index (χ3v) is 7.63. The predicted octanol–water partition coefficient (Wildman–Crippen LogP) is 5.52. The van der Waals surface area contributed by atoms with Gasteiger partial charge in [-0.15, -0.1) is 10.2 Å². The minimum Gasteiger partial charge on any atom is -0.507 e. The van der Waals surface area contributed by atoms with E-state index in [0.29, 0.717) is 24.3 Å². The number of ether oxygens (including phenoxy) is 1. The fraction of sp³-hybridized carbons (Fsp3) is 0.524. The summed E-state index contributed by atoms with van der Waals surface area (Å²) >= 11 is 4.79. The Hall–Kier alpha value is -1.58. The van der Waals surface area contributed by atoms with Gasteiger partial charge >= 0.3 is 5.97 Å². The fourth-order valence-electron chi connectivity index (χ4n) is 2.84. The van der Waals surface area contributed by atoms with E-state index in [-0.39, 0.29) is 17.5 Å². The molecule has 164 valence electrons. The minimum atomic E-state index is -0.137. The Morgan fingerprint density at radius 2 is 1.87 bits per heavy atom. The Bertz CT molecular complexity index is 855. The second-order valence-corrected chi connectivity index (χ2v) is 10.2. The van der Waals surface area contributed by atoms with E-state index >= 15 is 0 Å². The van der Waals surface area contributed by atoms with Crippen LogP contribution in [-0.4, -0.2) is 39.4 Å². The van der Waals surface area contributed by atoms with Crippen LogP contribution in [0.15, 0.2) is 20.8 Å². The topological polar surface area (TPSA) is 89.4 Å². The lowest BCUT2D eigenvalue weighted by molar-refractivity contribution is -0.143. The summed E-state index contributed by atoms with van der Waals surface area (Å²) in [6.45, 7) is 5.76. The highest BCUT2D eigenvalue weighted by Crippen LogP contribution is 2.35. The Labute approximate surface area is 190 Å². The molecule has 1 heterocycles. The molecule has 2 aromatic rings. The van der Waals surface area contributed by atoms with Crippen LogP contribution >= 0.6 is 34.9 Å². The first kappa shape index (κ1) is 24.7. The van der Waals surface area contributed by atoms with Crippen molar-refractivity contribution in [3.05, 3.63) is 28.8 Å². The zero-order valence-corrected chi connectivity index (χ0v) is 20.1. The molecular weight excluding hydrogens is 440 g/mol. The van der Waals surface area contributed by atoms with Gasteiger partial charge in [-0.3, -0.25) is 9.59 Å². The fourth-order valence-corrected chi connectivity index (χ4v) is 5.96. The number of unbranched alkanes of at least 4 members (excludes halogenated alkanes) is 1. The summed E-state index contributed by atoms with van der Waals surface area (Å²) in [6, 6.07) is 3.62. The smallest absolute Gasteiger partial charge is 0.305 e. The van der Waals surface area contributed by atoms with Crippen LogP contribution in [-0.2, 0) is 21.7 Å². The second-order valence-electron chi connectivity index (χ2n) is 6.64.